The third-order valence-corrected chi connectivity index (χ3v) is 2.92. The molecule has 1 rings (SSSR count). The van der Waals surface area contributed by atoms with Crippen molar-refractivity contribution in [2.45, 2.75) is 12.8 Å². The Morgan fingerprint density at radius 3 is 2.80 bits per heavy atom. The van der Waals surface area contributed by atoms with Crippen LogP contribution >= 0.6 is 0 Å². The number of rotatable bonds is 6. The number of ether oxygens (including phenoxy) is 1. The minimum Gasteiger partial charge on any atom is -0.383 e. The van der Waals surface area contributed by atoms with E-state index in [4.69, 9.17) is 10.00 Å². The highest BCUT2D eigenvalue weighted by Crippen LogP contribution is 2.15. The molecule has 1 heterocycles. The second kappa shape index (κ2) is 7.63. The van der Waals surface area contributed by atoms with E-state index in [9.17, 15) is 0 Å². The SMILES string of the molecule is COCCNCC1CCN(CC#N)CC1. The van der Waals surface area contributed by atoms with Gasteiger partial charge in [0, 0.05) is 13.7 Å². The maximum absolute atomic E-state index is 8.57. The Labute approximate surface area is 92.2 Å². The third kappa shape index (κ3) is 5.12. The van der Waals surface area contributed by atoms with Gasteiger partial charge in [-0.1, -0.05) is 0 Å². The van der Waals surface area contributed by atoms with E-state index in [1.165, 1.54) is 12.8 Å². The van der Waals surface area contributed by atoms with Gasteiger partial charge in [0.1, 0.15) is 0 Å². The van der Waals surface area contributed by atoms with Gasteiger partial charge in [-0.15, -0.1) is 0 Å². The maximum Gasteiger partial charge on any atom is 0.0865 e. The van der Waals surface area contributed by atoms with Gasteiger partial charge < -0.3 is 10.1 Å². The average Bonchev–Trinajstić information content (AvgIpc) is 2.27. The van der Waals surface area contributed by atoms with Gasteiger partial charge in [-0.2, -0.15) is 5.26 Å². The molecule has 0 spiro atoms. The van der Waals surface area contributed by atoms with Crippen molar-refractivity contribution in [1.29, 1.82) is 5.26 Å². The van der Waals surface area contributed by atoms with E-state index in [0.29, 0.717) is 6.54 Å². The van der Waals surface area contributed by atoms with Gasteiger partial charge in [0.25, 0.3) is 0 Å². The summed E-state index contributed by atoms with van der Waals surface area (Å²) in [6.07, 6.45) is 2.42. The summed E-state index contributed by atoms with van der Waals surface area (Å²) < 4.78 is 4.97. The molecule has 0 aromatic carbocycles. The van der Waals surface area contributed by atoms with E-state index < -0.39 is 0 Å². The molecule has 0 aliphatic carbocycles. The topological polar surface area (TPSA) is 48.3 Å². The molecule has 0 saturated carbocycles. The number of hydrogen-bond acceptors (Lipinski definition) is 4. The van der Waals surface area contributed by atoms with Crippen LogP contribution in [0.15, 0.2) is 0 Å². The van der Waals surface area contributed by atoms with Crippen LogP contribution in [0.25, 0.3) is 0 Å². The first-order valence-electron chi connectivity index (χ1n) is 5.65. The van der Waals surface area contributed by atoms with E-state index in [0.717, 1.165) is 38.7 Å². The van der Waals surface area contributed by atoms with Crippen molar-refractivity contribution in [3.05, 3.63) is 0 Å². The fourth-order valence-corrected chi connectivity index (χ4v) is 1.93. The second-order valence-corrected chi connectivity index (χ2v) is 4.07. The molecule has 0 bridgehead atoms. The van der Waals surface area contributed by atoms with Crippen molar-refractivity contribution in [1.82, 2.24) is 10.2 Å². The number of nitrogens with zero attached hydrogens (tertiary/aromatic N) is 2. The fraction of sp³-hybridized carbons (Fsp3) is 0.909. The van der Waals surface area contributed by atoms with Crippen LogP contribution in [0.4, 0.5) is 0 Å². The zero-order valence-corrected chi connectivity index (χ0v) is 9.54. The molecule has 0 atom stereocenters. The maximum atomic E-state index is 8.57. The molecule has 1 saturated heterocycles. The van der Waals surface area contributed by atoms with Crippen molar-refractivity contribution in [3.63, 3.8) is 0 Å². The predicted molar refractivity (Wildman–Crippen MR) is 59.5 cm³/mol. The molecular weight excluding hydrogens is 190 g/mol. The summed E-state index contributed by atoms with van der Waals surface area (Å²) in [5, 5.41) is 12.0. The van der Waals surface area contributed by atoms with Crippen LogP contribution in [-0.4, -0.2) is 51.3 Å². The summed E-state index contributed by atoms with van der Waals surface area (Å²) in [5.41, 5.74) is 0. The molecule has 1 aliphatic heterocycles. The van der Waals surface area contributed by atoms with Gasteiger partial charge in [0.15, 0.2) is 0 Å². The standard InChI is InChI=1S/C11H21N3O/c1-15-9-5-13-10-11-2-6-14(7-3-11)8-4-12/h11,13H,2-3,5-10H2,1H3. The average molecular weight is 211 g/mol. The normalized spacial score (nSPS) is 18.9. The smallest absolute Gasteiger partial charge is 0.0865 e. The minimum atomic E-state index is 0.587. The quantitative estimate of drug-likeness (QED) is 0.512. The number of methoxy groups -OCH3 is 1. The van der Waals surface area contributed by atoms with Crippen molar-refractivity contribution in [2.24, 2.45) is 5.92 Å². The minimum absolute atomic E-state index is 0.587. The lowest BCUT2D eigenvalue weighted by atomic mass is 9.97. The first-order valence-corrected chi connectivity index (χ1v) is 5.65. The van der Waals surface area contributed by atoms with E-state index in [2.05, 4.69) is 16.3 Å². The van der Waals surface area contributed by atoms with Crippen LogP contribution in [0.3, 0.4) is 0 Å². The Kier molecular flexibility index (Phi) is 6.33. The largest absolute Gasteiger partial charge is 0.383 e. The molecule has 0 amide bonds. The summed E-state index contributed by atoms with van der Waals surface area (Å²) >= 11 is 0. The Hall–Kier alpha value is -0.630. The summed E-state index contributed by atoms with van der Waals surface area (Å²) in [5.74, 6) is 0.775. The first kappa shape index (κ1) is 12.4. The van der Waals surface area contributed by atoms with Gasteiger partial charge in [0.05, 0.1) is 19.2 Å². The lowest BCUT2D eigenvalue weighted by molar-refractivity contribution is 0.182. The lowest BCUT2D eigenvalue weighted by Crippen LogP contribution is -2.37. The molecule has 1 N–H and O–H groups in total. The predicted octanol–water partition coefficient (Wildman–Crippen LogP) is 0.458. The van der Waals surface area contributed by atoms with Crippen molar-refractivity contribution in [2.75, 3.05) is 46.4 Å². The second-order valence-electron chi connectivity index (χ2n) is 4.07. The van der Waals surface area contributed by atoms with Crippen LogP contribution in [0, 0.1) is 17.2 Å². The number of likely N-dealkylation sites (tertiary alicyclic amines) is 1. The molecule has 86 valence electrons. The Bertz CT molecular complexity index is 194. The molecule has 15 heavy (non-hydrogen) atoms. The third-order valence-electron chi connectivity index (χ3n) is 2.92. The molecule has 0 aromatic heterocycles. The first-order chi connectivity index (χ1) is 7.36. The number of piperidine rings is 1. The summed E-state index contributed by atoms with van der Waals surface area (Å²) in [6.45, 7) is 5.55. The number of nitriles is 1. The van der Waals surface area contributed by atoms with E-state index >= 15 is 0 Å². The van der Waals surface area contributed by atoms with Crippen LogP contribution in [-0.2, 0) is 4.74 Å². The Balaban J connectivity index is 2.02. The number of nitrogens with one attached hydrogen (secondary N) is 1. The molecule has 0 aromatic rings. The molecule has 4 nitrogen and oxygen atoms in total. The summed E-state index contributed by atoms with van der Waals surface area (Å²) in [6, 6.07) is 2.21. The highest BCUT2D eigenvalue weighted by atomic mass is 16.5. The molecule has 1 fully saturated rings. The highest BCUT2D eigenvalue weighted by molar-refractivity contribution is 4.81. The van der Waals surface area contributed by atoms with Gasteiger partial charge in [0.2, 0.25) is 0 Å². The molecule has 0 radical (unpaired) electrons. The van der Waals surface area contributed by atoms with E-state index in [1.54, 1.807) is 7.11 Å². The summed E-state index contributed by atoms with van der Waals surface area (Å²) in [7, 11) is 1.72. The van der Waals surface area contributed by atoms with Gasteiger partial charge in [-0.05, 0) is 38.4 Å². The lowest BCUT2D eigenvalue weighted by Gasteiger charge is -2.30. The molecule has 4 heteroatoms. The van der Waals surface area contributed by atoms with Gasteiger partial charge in [-0.25, -0.2) is 0 Å². The van der Waals surface area contributed by atoms with Crippen molar-refractivity contribution in [3.8, 4) is 6.07 Å². The fourth-order valence-electron chi connectivity index (χ4n) is 1.93. The van der Waals surface area contributed by atoms with Crippen LogP contribution < -0.4 is 5.32 Å². The van der Waals surface area contributed by atoms with Crippen molar-refractivity contribution < 1.29 is 4.74 Å². The highest BCUT2D eigenvalue weighted by Gasteiger charge is 2.17. The van der Waals surface area contributed by atoms with Crippen LogP contribution in [0.5, 0.6) is 0 Å². The van der Waals surface area contributed by atoms with Gasteiger partial charge in [-0.3, -0.25) is 4.90 Å². The molecule has 0 unspecified atom stereocenters. The van der Waals surface area contributed by atoms with E-state index in [1.807, 2.05) is 0 Å². The van der Waals surface area contributed by atoms with Crippen molar-refractivity contribution >= 4 is 0 Å². The summed E-state index contributed by atoms with van der Waals surface area (Å²) in [4.78, 5) is 2.23. The van der Waals surface area contributed by atoms with E-state index in [-0.39, 0.29) is 0 Å². The zero-order chi connectivity index (χ0) is 10.9. The monoisotopic (exact) mass is 211 g/mol. The van der Waals surface area contributed by atoms with Gasteiger partial charge >= 0.3 is 0 Å². The number of hydrogen-bond donors (Lipinski definition) is 1. The van der Waals surface area contributed by atoms with Crippen LogP contribution in [0.1, 0.15) is 12.8 Å². The Morgan fingerprint density at radius 1 is 1.47 bits per heavy atom. The van der Waals surface area contributed by atoms with Crippen LogP contribution in [0.2, 0.25) is 0 Å². The molecular formula is C11H21N3O. The Morgan fingerprint density at radius 2 is 2.20 bits per heavy atom. The zero-order valence-electron chi connectivity index (χ0n) is 9.54. The molecule has 1 aliphatic rings.